The van der Waals surface area contributed by atoms with Crippen molar-refractivity contribution < 1.29 is 23.6 Å². The number of ether oxygens (including phenoxy) is 2. The monoisotopic (exact) mass is 427 g/mol. The van der Waals surface area contributed by atoms with Crippen molar-refractivity contribution in [2.24, 2.45) is 5.92 Å². The van der Waals surface area contributed by atoms with Crippen LogP contribution in [0.3, 0.4) is 0 Å². The largest absolute Gasteiger partial charge is 0.454 e. The molecule has 1 aliphatic heterocycles. The predicted octanol–water partition coefficient (Wildman–Crippen LogP) is 3.65. The molecule has 1 N–H and O–H groups in total. The first kappa shape index (κ1) is 21.2. The molecule has 1 atom stereocenters. The first-order valence-corrected chi connectivity index (χ1v) is 11.0. The van der Waals surface area contributed by atoms with Crippen LogP contribution in [0.4, 0.5) is 0 Å². The van der Waals surface area contributed by atoms with Crippen LogP contribution in [-0.4, -0.2) is 34.7 Å². The molecule has 166 valence electrons. The van der Waals surface area contributed by atoms with Crippen LogP contribution in [0.1, 0.15) is 67.8 Å². The second kappa shape index (κ2) is 9.41. The third kappa shape index (κ3) is 4.84. The molecule has 1 unspecified atom stereocenters. The molecule has 4 rings (SSSR count). The van der Waals surface area contributed by atoms with E-state index in [1.54, 1.807) is 6.07 Å². The molecule has 31 heavy (non-hydrogen) atoms. The van der Waals surface area contributed by atoms with Crippen molar-refractivity contribution in [2.75, 3.05) is 6.79 Å². The van der Waals surface area contributed by atoms with Gasteiger partial charge in [-0.2, -0.15) is 0 Å². The minimum atomic E-state index is -0.329. The number of rotatable bonds is 8. The van der Waals surface area contributed by atoms with Crippen LogP contribution < -0.4 is 14.8 Å². The summed E-state index contributed by atoms with van der Waals surface area (Å²) < 4.78 is 16.1. The highest BCUT2D eigenvalue weighted by Crippen LogP contribution is 2.32. The number of hydrogen-bond donors (Lipinski definition) is 1. The second-order valence-corrected chi connectivity index (χ2v) is 8.25. The van der Waals surface area contributed by atoms with E-state index >= 15 is 0 Å². The van der Waals surface area contributed by atoms with Crippen molar-refractivity contribution in [1.29, 1.82) is 0 Å². The lowest BCUT2D eigenvalue weighted by Gasteiger charge is -2.30. The van der Waals surface area contributed by atoms with Crippen molar-refractivity contribution in [3.63, 3.8) is 0 Å². The summed E-state index contributed by atoms with van der Waals surface area (Å²) >= 11 is 0. The fourth-order valence-electron chi connectivity index (χ4n) is 4.06. The Morgan fingerprint density at radius 2 is 1.97 bits per heavy atom. The number of nitrogens with one attached hydrogen (secondary N) is 1. The van der Waals surface area contributed by atoms with Crippen LogP contribution in [-0.2, 0) is 17.9 Å². The van der Waals surface area contributed by atoms with Gasteiger partial charge in [-0.05, 0) is 43.9 Å². The summed E-state index contributed by atoms with van der Waals surface area (Å²) in [7, 11) is 0. The first-order valence-electron chi connectivity index (χ1n) is 11.0. The fourth-order valence-corrected chi connectivity index (χ4v) is 4.06. The Labute approximate surface area is 181 Å². The molecule has 1 aliphatic carbocycles. The van der Waals surface area contributed by atoms with Crippen molar-refractivity contribution in [2.45, 2.75) is 65.1 Å². The van der Waals surface area contributed by atoms with Crippen LogP contribution in [0.15, 0.2) is 28.8 Å². The van der Waals surface area contributed by atoms with Crippen molar-refractivity contribution >= 4 is 11.8 Å². The first-order chi connectivity index (χ1) is 15.0. The lowest BCUT2D eigenvalue weighted by Crippen LogP contribution is -2.40. The molecule has 1 fully saturated rings. The SMILES string of the molecule is CCC(C)N(Cc1cc(C(=O)NCc2ccc3c(c2)OCO3)no1)C(=O)C1CCCC1. The molecule has 0 saturated heterocycles. The zero-order valence-electron chi connectivity index (χ0n) is 18.1. The molecule has 2 aromatic rings. The maximum absolute atomic E-state index is 13.0. The second-order valence-electron chi connectivity index (χ2n) is 8.25. The molecule has 8 nitrogen and oxygen atoms in total. The summed E-state index contributed by atoms with van der Waals surface area (Å²) in [6, 6.07) is 7.26. The molecule has 8 heteroatoms. The van der Waals surface area contributed by atoms with Crippen LogP contribution in [0, 0.1) is 5.92 Å². The van der Waals surface area contributed by atoms with Gasteiger partial charge in [-0.25, -0.2) is 0 Å². The van der Waals surface area contributed by atoms with Gasteiger partial charge in [0, 0.05) is 24.6 Å². The normalized spacial score (nSPS) is 16.3. The summed E-state index contributed by atoms with van der Waals surface area (Å²) in [6.45, 7) is 4.98. The molecule has 2 amide bonds. The quantitative estimate of drug-likeness (QED) is 0.691. The molecule has 1 saturated carbocycles. The Bertz CT molecular complexity index is 935. The van der Waals surface area contributed by atoms with Crippen LogP contribution in [0.5, 0.6) is 11.5 Å². The van der Waals surface area contributed by atoms with Gasteiger partial charge in [0.15, 0.2) is 23.0 Å². The van der Waals surface area contributed by atoms with Gasteiger partial charge in [-0.3, -0.25) is 9.59 Å². The number of fused-ring (bicyclic) bond motifs is 1. The lowest BCUT2D eigenvalue weighted by molar-refractivity contribution is -0.138. The van der Waals surface area contributed by atoms with Gasteiger partial charge in [-0.1, -0.05) is 31.0 Å². The van der Waals surface area contributed by atoms with Gasteiger partial charge in [-0.15, -0.1) is 0 Å². The van der Waals surface area contributed by atoms with Crippen LogP contribution >= 0.6 is 0 Å². The van der Waals surface area contributed by atoms with E-state index in [0.717, 1.165) is 37.7 Å². The average Bonchev–Trinajstić information content (AvgIpc) is 3.55. The predicted molar refractivity (Wildman–Crippen MR) is 112 cm³/mol. The molecule has 1 aromatic carbocycles. The molecule has 0 radical (unpaired) electrons. The maximum atomic E-state index is 13.0. The molecular formula is C23H29N3O5. The summed E-state index contributed by atoms with van der Waals surface area (Å²) in [5.41, 5.74) is 1.10. The molecule has 0 bridgehead atoms. The molecular weight excluding hydrogens is 398 g/mol. The van der Waals surface area contributed by atoms with Crippen molar-refractivity contribution in [1.82, 2.24) is 15.4 Å². The number of carbonyl (C=O) groups is 2. The number of carbonyl (C=O) groups excluding carboxylic acids is 2. The Morgan fingerprint density at radius 3 is 2.74 bits per heavy atom. The van der Waals surface area contributed by atoms with Gasteiger partial charge in [0.25, 0.3) is 5.91 Å². The highest BCUT2D eigenvalue weighted by Gasteiger charge is 2.30. The Morgan fingerprint density at radius 1 is 1.19 bits per heavy atom. The average molecular weight is 428 g/mol. The number of amides is 2. The van der Waals surface area contributed by atoms with E-state index in [1.165, 1.54) is 0 Å². The molecule has 2 aliphatic rings. The van der Waals surface area contributed by atoms with Gasteiger partial charge >= 0.3 is 0 Å². The standard InChI is InChI=1S/C23H29N3O5/c1-3-15(2)26(23(28)17-6-4-5-7-17)13-18-11-19(25-31-18)22(27)24-12-16-8-9-20-21(10-16)30-14-29-20/h8-11,15,17H,3-7,12-14H2,1-2H3,(H,24,27). The Balaban J connectivity index is 1.36. The van der Waals surface area contributed by atoms with Crippen molar-refractivity contribution in [3.8, 4) is 11.5 Å². The summed E-state index contributed by atoms with van der Waals surface area (Å²) in [5.74, 6) is 1.84. The number of benzene rings is 1. The third-order valence-corrected chi connectivity index (χ3v) is 6.12. The van der Waals surface area contributed by atoms with Crippen molar-refractivity contribution in [3.05, 3.63) is 41.3 Å². The van der Waals surface area contributed by atoms with E-state index in [0.29, 0.717) is 30.3 Å². The Hall–Kier alpha value is -3.03. The minimum Gasteiger partial charge on any atom is -0.454 e. The number of hydrogen-bond acceptors (Lipinski definition) is 6. The summed E-state index contributed by atoms with van der Waals surface area (Å²) in [5, 5.41) is 6.75. The Kier molecular flexibility index (Phi) is 6.44. The van der Waals surface area contributed by atoms with Gasteiger partial charge in [0.1, 0.15) is 0 Å². The lowest BCUT2D eigenvalue weighted by atomic mass is 10.0. The fraction of sp³-hybridized carbons (Fsp3) is 0.522. The maximum Gasteiger partial charge on any atom is 0.273 e. The van der Waals surface area contributed by atoms with E-state index in [-0.39, 0.29) is 36.3 Å². The molecule has 2 heterocycles. The topological polar surface area (TPSA) is 93.9 Å². The summed E-state index contributed by atoms with van der Waals surface area (Å²) in [4.78, 5) is 27.4. The van der Waals surface area contributed by atoms with E-state index in [4.69, 9.17) is 14.0 Å². The molecule has 1 aromatic heterocycles. The van der Waals surface area contributed by atoms with Crippen LogP contribution in [0.25, 0.3) is 0 Å². The van der Waals surface area contributed by atoms with Gasteiger partial charge < -0.3 is 24.2 Å². The van der Waals surface area contributed by atoms with Gasteiger partial charge in [0.05, 0.1) is 6.54 Å². The summed E-state index contributed by atoms with van der Waals surface area (Å²) in [6.07, 6.45) is 4.99. The zero-order valence-corrected chi connectivity index (χ0v) is 18.1. The van der Waals surface area contributed by atoms with Crippen LogP contribution in [0.2, 0.25) is 0 Å². The molecule has 0 spiro atoms. The zero-order chi connectivity index (χ0) is 21.8. The van der Waals surface area contributed by atoms with E-state index in [9.17, 15) is 9.59 Å². The van der Waals surface area contributed by atoms with Gasteiger partial charge in [0.2, 0.25) is 12.7 Å². The third-order valence-electron chi connectivity index (χ3n) is 6.12. The smallest absolute Gasteiger partial charge is 0.273 e. The number of nitrogens with zero attached hydrogens (tertiary/aromatic N) is 2. The highest BCUT2D eigenvalue weighted by molar-refractivity contribution is 5.92. The van der Waals surface area contributed by atoms with E-state index in [2.05, 4.69) is 17.4 Å². The minimum absolute atomic E-state index is 0.0985. The van der Waals surface area contributed by atoms with E-state index in [1.807, 2.05) is 30.0 Å². The van der Waals surface area contributed by atoms with E-state index < -0.39 is 0 Å². The number of aromatic nitrogens is 1. The highest BCUT2D eigenvalue weighted by atomic mass is 16.7.